The molecule has 7 nitrogen and oxygen atoms in total. The van der Waals surface area contributed by atoms with E-state index in [-0.39, 0.29) is 24.1 Å². The summed E-state index contributed by atoms with van der Waals surface area (Å²) < 4.78 is 36.9. The molecule has 0 aliphatic heterocycles. The molecule has 2 heterocycles. The molecule has 0 unspecified atom stereocenters. The van der Waals surface area contributed by atoms with E-state index in [1.807, 2.05) is 0 Å². The van der Waals surface area contributed by atoms with E-state index in [0.717, 1.165) is 25.7 Å². The van der Waals surface area contributed by atoms with Crippen LogP contribution < -0.4 is 4.72 Å². The first-order valence-corrected chi connectivity index (χ1v) is 9.11. The standard InChI is InChI=1S/C14H19N3O4S/c18-22(19,10-11-5-2-1-3-6-11)15-9-13-16-14(21-17-13)12-7-4-8-20-12/h4,7-8,11,15H,1-3,5-6,9-10H2. The number of rotatable bonds is 6. The first kappa shape index (κ1) is 15.2. The van der Waals surface area contributed by atoms with E-state index in [9.17, 15) is 8.42 Å². The molecule has 0 saturated heterocycles. The van der Waals surface area contributed by atoms with Crippen molar-refractivity contribution in [3.8, 4) is 11.7 Å². The molecule has 0 atom stereocenters. The Hall–Kier alpha value is -1.67. The van der Waals surface area contributed by atoms with Crippen LogP contribution in [-0.4, -0.2) is 24.3 Å². The first-order chi connectivity index (χ1) is 10.6. The van der Waals surface area contributed by atoms with E-state index < -0.39 is 10.0 Å². The molecule has 8 heteroatoms. The third-order valence-corrected chi connectivity index (χ3v) is 5.32. The van der Waals surface area contributed by atoms with Gasteiger partial charge in [0.25, 0.3) is 5.89 Å². The summed E-state index contributed by atoms with van der Waals surface area (Å²) in [5, 5.41) is 3.75. The Morgan fingerprint density at radius 1 is 1.27 bits per heavy atom. The predicted molar refractivity (Wildman–Crippen MR) is 79.2 cm³/mol. The minimum absolute atomic E-state index is 0.0270. The molecule has 2 aromatic heterocycles. The van der Waals surface area contributed by atoms with Crippen LogP contribution in [0.5, 0.6) is 0 Å². The summed E-state index contributed by atoms with van der Waals surface area (Å²) >= 11 is 0. The zero-order chi connectivity index (χ0) is 15.4. The van der Waals surface area contributed by atoms with Gasteiger partial charge in [-0.25, -0.2) is 13.1 Å². The van der Waals surface area contributed by atoms with Gasteiger partial charge in [-0.15, -0.1) is 0 Å². The summed E-state index contributed by atoms with van der Waals surface area (Å²) in [6.07, 6.45) is 6.95. The molecule has 0 spiro atoms. The highest BCUT2D eigenvalue weighted by molar-refractivity contribution is 7.89. The van der Waals surface area contributed by atoms with Gasteiger partial charge in [0, 0.05) is 0 Å². The smallest absolute Gasteiger partial charge is 0.293 e. The maximum atomic E-state index is 12.1. The Bertz CT molecular complexity index is 688. The van der Waals surface area contributed by atoms with Gasteiger partial charge < -0.3 is 8.94 Å². The highest BCUT2D eigenvalue weighted by Crippen LogP contribution is 2.24. The average molecular weight is 325 g/mol. The van der Waals surface area contributed by atoms with Gasteiger partial charge >= 0.3 is 0 Å². The number of nitrogens with one attached hydrogen (secondary N) is 1. The van der Waals surface area contributed by atoms with E-state index >= 15 is 0 Å². The number of hydrogen-bond donors (Lipinski definition) is 1. The summed E-state index contributed by atoms with van der Waals surface area (Å²) in [7, 11) is -3.32. The van der Waals surface area contributed by atoms with E-state index in [2.05, 4.69) is 14.9 Å². The van der Waals surface area contributed by atoms with Crippen LogP contribution in [-0.2, 0) is 16.6 Å². The zero-order valence-corrected chi connectivity index (χ0v) is 13.0. The molecule has 1 aliphatic carbocycles. The zero-order valence-electron chi connectivity index (χ0n) is 12.2. The third kappa shape index (κ3) is 3.95. The van der Waals surface area contributed by atoms with Crippen molar-refractivity contribution in [1.29, 1.82) is 0 Å². The van der Waals surface area contributed by atoms with Gasteiger partial charge in [0.2, 0.25) is 10.0 Å². The van der Waals surface area contributed by atoms with E-state index in [4.69, 9.17) is 8.94 Å². The van der Waals surface area contributed by atoms with Crippen molar-refractivity contribution in [2.45, 2.75) is 38.6 Å². The number of aromatic nitrogens is 2. The van der Waals surface area contributed by atoms with Gasteiger partial charge in [-0.3, -0.25) is 0 Å². The number of nitrogens with zero attached hydrogens (tertiary/aromatic N) is 2. The highest BCUT2D eigenvalue weighted by Gasteiger charge is 2.22. The van der Waals surface area contributed by atoms with Crippen molar-refractivity contribution in [2.75, 3.05) is 5.75 Å². The van der Waals surface area contributed by atoms with Gasteiger partial charge in [0.05, 0.1) is 18.6 Å². The number of hydrogen-bond acceptors (Lipinski definition) is 6. The van der Waals surface area contributed by atoms with Crippen LogP contribution in [0.3, 0.4) is 0 Å². The molecule has 0 radical (unpaired) electrons. The lowest BCUT2D eigenvalue weighted by Crippen LogP contribution is -2.30. The van der Waals surface area contributed by atoms with Gasteiger partial charge in [-0.1, -0.05) is 24.4 Å². The Morgan fingerprint density at radius 3 is 2.82 bits per heavy atom. The maximum absolute atomic E-state index is 12.1. The van der Waals surface area contributed by atoms with E-state index in [0.29, 0.717) is 11.6 Å². The molecule has 0 aromatic carbocycles. The Kier molecular flexibility index (Phi) is 4.58. The summed E-state index contributed by atoms with van der Waals surface area (Å²) in [6.45, 7) is 0.0270. The van der Waals surface area contributed by atoms with E-state index in [1.165, 1.54) is 12.7 Å². The normalized spacial score (nSPS) is 16.9. The van der Waals surface area contributed by atoms with Crippen molar-refractivity contribution in [1.82, 2.24) is 14.9 Å². The maximum Gasteiger partial charge on any atom is 0.293 e. The molecule has 22 heavy (non-hydrogen) atoms. The molecular weight excluding hydrogens is 306 g/mol. The van der Waals surface area contributed by atoms with Crippen molar-refractivity contribution in [3.05, 3.63) is 24.2 Å². The Labute approximate surface area is 129 Å². The molecule has 2 aromatic rings. The van der Waals surface area contributed by atoms with Gasteiger partial charge in [-0.05, 0) is 30.9 Å². The summed E-state index contributed by atoms with van der Waals surface area (Å²) in [4.78, 5) is 4.10. The predicted octanol–water partition coefficient (Wildman–Crippen LogP) is 2.33. The van der Waals surface area contributed by atoms with Crippen LogP contribution >= 0.6 is 0 Å². The first-order valence-electron chi connectivity index (χ1n) is 7.46. The Morgan fingerprint density at radius 2 is 2.09 bits per heavy atom. The van der Waals surface area contributed by atoms with E-state index in [1.54, 1.807) is 12.1 Å². The van der Waals surface area contributed by atoms with Gasteiger partial charge in [0.1, 0.15) is 0 Å². The second kappa shape index (κ2) is 6.62. The second-order valence-electron chi connectivity index (χ2n) is 5.60. The van der Waals surface area contributed by atoms with Crippen LogP contribution in [0.4, 0.5) is 0 Å². The largest absolute Gasteiger partial charge is 0.459 e. The highest BCUT2D eigenvalue weighted by atomic mass is 32.2. The topological polar surface area (TPSA) is 98.2 Å². The molecule has 0 amide bonds. The van der Waals surface area contributed by atoms with Crippen LogP contribution in [0.15, 0.2) is 27.3 Å². The van der Waals surface area contributed by atoms with Crippen molar-refractivity contribution < 1.29 is 17.4 Å². The molecule has 120 valence electrons. The van der Waals surface area contributed by atoms with Crippen LogP contribution in [0.25, 0.3) is 11.7 Å². The van der Waals surface area contributed by atoms with Gasteiger partial charge in [0.15, 0.2) is 11.6 Å². The van der Waals surface area contributed by atoms with Crippen molar-refractivity contribution >= 4 is 10.0 Å². The molecule has 1 aliphatic rings. The molecule has 0 bridgehead atoms. The number of sulfonamides is 1. The minimum atomic E-state index is -3.32. The average Bonchev–Trinajstić information content (AvgIpc) is 3.17. The lowest BCUT2D eigenvalue weighted by molar-refractivity contribution is 0.383. The summed E-state index contributed by atoms with van der Waals surface area (Å²) in [5.74, 6) is 1.43. The monoisotopic (exact) mass is 325 g/mol. The lowest BCUT2D eigenvalue weighted by Gasteiger charge is -2.21. The number of furan rings is 1. The third-order valence-electron chi connectivity index (χ3n) is 3.83. The minimum Gasteiger partial charge on any atom is -0.459 e. The van der Waals surface area contributed by atoms with Crippen LogP contribution in [0.1, 0.15) is 37.9 Å². The fraction of sp³-hybridized carbons (Fsp3) is 0.571. The molecule has 1 saturated carbocycles. The molecule has 1 N–H and O–H groups in total. The lowest BCUT2D eigenvalue weighted by atomic mass is 9.91. The fourth-order valence-corrected chi connectivity index (χ4v) is 4.14. The molecule has 1 fully saturated rings. The molecular formula is C14H19N3O4S. The van der Waals surface area contributed by atoms with Crippen LogP contribution in [0.2, 0.25) is 0 Å². The quantitative estimate of drug-likeness (QED) is 0.875. The summed E-state index contributed by atoms with van der Waals surface area (Å²) in [5.41, 5.74) is 0. The second-order valence-corrected chi connectivity index (χ2v) is 7.45. The van der Waals surface area contributed by atoms with Crippen molar-refractivity contribution in [2.24, 2.45) is 5.92 Å². The summed E-state index contributed by atoms with van der Waals surface area (Å²) in [6, 6.07) is 3.41. The van der Waals surface area contributed by atoms with Gasteiger partial charge in [-0.2, -0.15) is 4.98 Å². The fourth-order valence-electron chi connectivity index (χ4n) is 2.72. The Balaban J connectivity index is 1.55. The molecule has 3 rings (SSSR count). The van der Waals surface area contributed by atoms with Crippen molar-refractivity contribution in [3.63, 3.8) is 0 Å². The SMILES string of the molecule is O=S(=O)(CC1CCCCC1)NCc1noc(-c2ccco2)n1. The van der Waals surface area contributed by atoms with Crippen LogP contribution in [0, 0.1) is 5.92 Å².